The molecule has 3 aliphatic rings. The van der Waals surface area contributed by atoms with E-state index in [0.29, 0.717) is 43.3 Å². The molecule has 0 spiro atoms. The lowest BCUT2D eigenvalue weighted by molar-refractivity contribution is 0.111. The van der Waals surface area contributed by atoms with E-state index in [1.54, 1.807) is 21.6 Å². The predicted octanol–water partition coefficient (Wildman–Crippen LogP) is 3.82. The van der Waals surface area contributed by atoms with Crippen molar-refractivity contribution >= 4 is 16.0 Å². The largest absolute Gasteiger partial charge is 0.487 e. The Hall–Kier alpha value is -2.44. The van der Waals surface area contributed by atoms with E-state index in [9.17, 15) is 21.6 Å². The Morgan fingerprint density at radius 2 is 1.64 bits per heavy atom. The van der Waals surface area contributed by atoms with Gasteiger partial charge in [-0.3, -0.25) is 0 Å². The van der Waals surface area contributed by atoms with Crippen LogP contribution in [-0.2, 0) is 10.0 Å². The lowest BCUT2D eigenvalue weighted by Gasteiger charge is -2.34. The van der Waals surface area contributed by atoms with Gasteiger partial charge in [-0.25, -0.2) is 35.9 Å². The van der Waals surface area contributed by atoms with Gasteiger partial charge in [-0.2, -0.15) is 0 Å². The van der Waals surface area contributed by atoms with Crippen LogP contribution in [0.3, 0.4) is 0 Å². The fourth-order valence-corrected chi connectivity index (χ4v) is 8.10. The first-order valence-corrected chi connectivity index (χ1v) is 15.3. The Morgan fingerprint density at radius 3 is 2.31 bits per heavy atom. The minimum absolute atomic E-state index is 0.0371. The molecule has 1 aromatic carbocycles. The van der Waals surface area contributed by atoms with E-state index in [4.69, 9.17) is 10.5 Å². The number of hydrogen-bond acceptors (Lipinski definition) is 7. The minimum Gasteiger partial charge on any atom is -0.487 e. The first-order chi connectivity index (χ1) is 18.6. The monoisotopic (exact) mass is 567 g/mol. The van der Waals surface area contributed by atoms with Crippen LogP contribution in [0.4, 0.5) is 19.1 Å². The number of rotatable bonds is 8. The molecule has 0 unspecified atom stereocenters. The van der Waals surface area contributed by atoms with Crippen molar-refractivity contribution < 1.29 is 26.3 Å². The van der Waals surface area contributed by atoms with Gasteiger partial charge in [0.05, 0.1) is 24.3 Å². The highest BCUT2D eigenvalue weighted by atomic mass is 32.2. The Kier molecular flexibility index (Phi) is 8.34. The fourth-order valence-electron chi connectivity index (χ4n) is 6.19. The molecule has 0 bridgehead atoms. The van der Waals surface area contributed by atoms with Gasteiger partial charge in [0.1, 0.15) is 5.82 Å². The third-order valence-electron chi connectivity index (χ3n) is 8.50. The Balaban J connectivity index is 1.14. The molecule has 2 aromatic rings. The maximum absolute atomic E-state index is 14.3. The maximum atomic E-state index is 14.3. The molecule has 3 atom stereocenters. The number of anilines is 1. The Morgan fingerprint density at radius 1 is 1.00 bits per heavy atom. The summed E-state index contributed by atoms with van der Waals surface area (Å²) in [6.07, 6.45) is 8.75. The van der Waals surface area contributed by atoms with E-state index in [-0.39, 0.29) is 29.9 Å². The van der Waals surface area contributed by atoms with Crippen LogP contribution in [0.5, 0.6) is 5.75 Å². The van der Waals surface area contributed by atoms with Gasteiger partial charge >= 0.3 is 0 Å². The van der Waals surface area contributed by atoms with Gasteiger partial charge in [0.2, 0.25) is 16.0 Å². The van der Waals surface area contributed by atoms with E-state index in [1.165, 1.54) is 0 Å². The first-order valence-electron chi connectivity index (χ1n) is 13.7. The average molecular weight is 568 g/mol. The number of ether oxygens (including phenoxy) is 1. The molecule has 12 heteroatoms. The van der Waals surface area contributed by atoms with Gasteiger partial charge in [-0.05, 0) is 56.1 Å². The second kappa shape index (κ2) is 11.6. The SMILES string of the molecule is C[C@H](Oc1cnc(N2C[C@H](c3cc(F)c(F)cc3F)[C@@H](N)C2)nc1)C1CCN(S(=O)(=O)CC2CCCC2)CC1. The zero-order valence-electron chi connectivity index (χ0n) is 22.1. The summed E-state index contributed by atoms with van der Waals surface area (Å²) >= 11 is 0. The highest BCUT2D eigenvalue weighted by molar-refractivity contribution is 7.89. The van der Waals surface area contributed by atoms with Gasteiger partial charge in [-0.15, -0.1) is 0 Å². The second-order valence-electron chi connectivity index (χ2n) is 11.2. The standard InChI is InChI=1S/C27H36F3N5O3S/c1-17(19-6-8-35(9-7-19)39(36,37)16-18-4-2-3-5-18)38-20-12-32-27(33-13-20)34-14-22(26(31)15-34)21-10-24(29)25(30)11-23(21)28/h10-13,17-19,22,26H,2-9,14-16,31H2,1H3/t17-,22+,26-/m0/s1. The number of benzene rings is 1. The van der Waals surface area contributed by atoms with Gasteiger partial charge in [0.25, 0.3) is 0 Å². The average Bonchev–Trinajstić information content (AvgIpc) is 3.56. The van der Waals surface area contributed by atoms with Gasteiger partial charge in [0, 0.05) is 44.2 Å². The van der Waals surface area contributed by atoms with Crippen LogP contribution in [0.1, 0.15) is 56.9 Å². The van der Waals surface area contributed by atoms with Crippen LogP contribution >= 0.6 is 0 Å². The van der Waals surface area contributed by atoms with Crippen LogP contribution in [-0.4, -0.2) is 66.8 Å². The van der Waals surface area contributed by atoms with E-state index >= 15 is 0 Å². The molecule has 214 valence electrons. The van der Waals surface area contributed by atoms with Crippen molar-refractivity contribution in [2.75, 3.05) is 36.8 Å². The molecule has 2 N–H and O–H groups in total. The van der Waals surface area contributed by atoms with Gasteiger partial charge in [0.15, 0.2) is 17.4 Å². The van der Waals surface area contributed by atoms with Crippen molar-refractivity contribution in [1.82, 2.24) is 14.3 Å². The summed E-state index contributed by atoms with van der Waals surface area (Å²) in [6.45, 7) is 3.60. The summed E-state index contributed by atoms with van der Waals surface area (Å²) < 4.78 is 74.8. The molecule has 2 aliphatic heterocycles. The number of aromatic nitrogens is 2. The van der Waals surface area contributed by atoms with Crippen molar-refractivity contribution in [2.45, 2.75) is 63.5 Å². The summed E-state index contributed by atoms with van der Waals surface area (Å²) in [4.78, 5) is 10.6. The highest BCUT2D eigenvalue weighted by Gasteiger charge is 2.36. The molecule has 1 saturated carbocycles. The van der Waals surface area contributed by atoms with Crippen LogP contribution < -0.4 is 15.4 Å². The van der Waals surface area contributed by atoms with Crippen molar-refractivity contribution in [3.63, 3.8) is 0 Å². The Bertz CT molecular complexity index is 1250. The predicted molar refractivity (Wildman–Crippen MR) is 141 cm³/mol. The number of halogens is 3. The van der Waals surface area contributed by atoms with E-state index in [1.807, 2.05) is 6.92 Å². The smallest absolute Gasteiger partial charge is 0.225 e. The molecule has 5 rings (SSSR count). The van der Waals surface area contributed by atoms with Crippen LogP contribution in [0.2, 0.25) is 0 Å². The zero-order chi connectivity index (χ0) is 27.7. The molecule has 8 nitrogen and oxygen atoms in total. The van der Waals surface area contributed by atoms with E-state index < -0.39 is 39.4 Å². The normalized spacial score (nSPS) is 24.4. The van der Waals surface area contributed by atoms with E-state index in [0.717, 1.165) is 44.6 Å². The number of piperidine rings is 1. The summed E-state index contributed by atoms with van der Waals surface area (Å²) in [5.41, 5.74) is 6.24. The summed E-state index contributed by atoms with van der Waals surface area (Å²) in [5.74, 6) is -2.04. The van der Waals surface area contributed by atoms with Crippen LogP contribution in [0, 0.1) is 29.3 Å². The summed E-state index contributed by atoms with van der Waals surface area (Å²) in [7, 11) is -3.22. The van der Waals surface area contributed by atoms with Crippen molar-refractivity contribution in [3.05, 3.63) is 47.5 Å². The quantitative estimate of drug-likeness (QED) is 0.484. The number of nitrogens with zero attached hydrogens (tertiary/aromatic N) is 4. The van der Waals surface area contributed by atoms with Crippen molar-refractivity contribution in [1.29, 1.82) is 0 Å². The van der Waals surface area contributed by atoms with Crippen LogP contribution in [0.25, 0.3) is 0 Å². The summed E-state index contributed by atoms with van der Waals surface area (Å²) in [5, 5.41) is 0. The number of hydrogen-bond donors (Lipinski definition) is 1. The molecular formula is C27H36F3N5O3S. The van der Waals surface area contributed by atoms with Gasteiger partial charge in [-0.1, -0.05) is 12.8 Å². The van der Waals surface area contributed by atoms with Crippen molar-refractivity contribution in [3.8, 4) is 5.75 Å². The fraction of sp³-hybridized carbons (Fsp3) is 0.630. The molecule has 0 radical (unpaired) electrons. The lowest BCUT2D eigenvalue weighted by Crippen LogP contribution is -2.43. The van der Waals surface area contributed by atoms with Gasteiger partial charge < -0.3 is 15.4 Å². The maximum Gasteiger partial charge on any atom is 0.225 e. The topological polar surface area (TPSA) is 102 Å². The van der Waals surface area contributed by atoms with E-state index in [2.05, 4.69) is 9.97 Å². The van der Waals surface area contributed by atoms with Crippen LogP contribution in [0.15, 0.2) is 24.5 Å². The van der Waals surface area contributed by atoms with Crippen molar-refractivity contribution in [2.24, 2.45) is 17.6 Å². The molecule has 1 aromatic heterocycles. The number of sulfonamides is 1. The first kappa shape index (κ1) is 28.1. The highest BCUT2D eigenvalue weighted by Crippen LogP contribution is 2.33. The lowest BCUT2D eigenvalue weighted by atomic mass is 9.93. The molecule has 3 heterocycles. The molecular weight excluding hydrogens is 531 g/mol. The second-order valence-corrected chi connectivity index (χ2v) is 13.2. The summed E-state index contributed by atoms with van der Waals surface area (Å²) in [6, 6.07) is 0.910. The third-order valence-corrected chi connectivity index (χ3v) is 10.5. The zero-order valence-corrected chi connectivity index (χ0v) is 22.9. The molecule has 1 aliphatic carbocycles. The molecule has 2 saturated heterocycles. The Labute approximate surface area is 227 Å². The molecule has 0 amide bonds. The molecule has 3 fully saturated rings. The minimum atomic E-state index is -3.22. The third kappa shape index (κ3) is 6.33. The number of nitrogens with two attached hydrogens (primary N) is 1. The molecule has 39 heavy (non-hydrogen) atoms.